The van der Waals surface area contributed by atoms with Crippen molar-refractivity contribution < 1.29 is 4.92 Å². The van der Waals surface area contributed by atoms with E-state index in [1.807, 2.05) is 31.2 Å². The molecule has 2 rings (SSSR count). The first-order valence-electron chi connectivity index (χ1n) is 6.04. The van der Waals surface area contributed by atoms with E-state index in [2.05, 4.69) is 5.32 Å². The van der Waals surface area contributed by atoms with Crippen molar-refractivity contribution in [2.45, 2.75) is 11.8 Å². The van der Waals surface area contributed by atoms with Crippen molar-refractivity contribution in [3.63, 3.8) is 0 Å². The van der Waals surface area contributed by atoms with Crippen molar-refractivity contribution in [2.24, 2.45) is 0 Å². The van der Waals surface area contributed by atoms with E-state index in [0.717, 1.165) is 16.2 Å². The third-order valence-corrected chi connectivity index (χ3v) is 5.41. The number of nitrogens with one attached hydrogen (secondary N) is 1. The van der Waals surface area contributed by atoms with Gasteiger partial charge in [0, 0.05) is 17.2 Å². The lowest BCUT2D eigenvalue weighted by Crippen LogP contribution is -2.12. The average molecular weight is 363 g/mol. The molecule has 0 spiro atoms. The summed E-state index contributed by atoms with van der Waals surface area (Å²) >= 11 is 14.4. The summed E-state index contributed by atoms with van der Waals surface area (Å²) in [6, 6.07) is 7.63. The summed E-state index contributed by atoms with van der Waals surface area (Å²) in [7, 11) is 0. The molecule has 1 aromatic rings. The smallest absolute Gasteiger partial charge is 0.315 e. The molecule has 0 saturated carbocycles. The summed E-state index contributed by atoms with van der Waals surface area (Å²) in [6.45, 7) is 2.67. The topological polar surface area (TPSA) is 55.2 Å². The molecule has 1 aliphatic heterocycles. The van der Waals surface area contributed by atoms with E-state index in [1.165, 1.54) is 23.5 Å². The van der Waals surface area contributed by atoms with Crippen molar-refractivity contribution >= 4 is 46.7 Å². The highest BCUT2D eigenvalue weighted by atomic mass is 35.5. The molecule has 0 aromatic heterocycles. The van der Waals surface area contributed by atoms with Crippen LogP contribution in [0.4, 0.5) is 0 Å². The maximum absolute atomic E-state index is 11.4. The highest BCUT2D eigenvalue weighted by Gasteiger charge is 2.29. The van der Waals surface area contributed by atoms with Gasteiger partial charge in [0.25, 0.3) is 0 Å². The zero-order valence-corrected chi connectivity index (χ0v) is 14.2. The Labute approximate surface area is 141 Å². The maximum atomic E-state index is 11.4. The lowest BCUT2D eigenvalue weighted by Gasteiger charge is -2.08. The molecule has 0 radical (unpaired) electrons. The van der Waals surface area contributed by atoms with Gasteiger partial charge in [0.05, 0.1) is 4.92 Å². The summed E-state index contributed by atoms with van der Waals surface area (Å²) in [6.07, 6.45) is 0. The minimum Gasteiger partial charge on any atom is -0.373 e. The maximum Gasteiger partial charge on any atom is 0.315 e. The molecule has 0 atom stereocenters. The van der Waals surface area contributed by atoms with Crippen molar-refractivity contribution in [3.05, 3.63) is 60.1 Å². The van der Waals surface area contributed by atoms with Gasteiger partial charge in [-0.15, -0.1) is 0 Å². The number of nitrogens with zero attached hydrogens (tertiary/aromatic N) is 1. The van der Waals surface area contributed by atoms with E-state index in [-0.39, 0.29) is 15.1 Å². The number of hydrogen-bond donors (Lipinski definition) is 1. The van der Waals surface area contributed by atoms with Gasteiger partial charge in [-0.3, -0.25) is 10.1 Å². The largest absolute Gasteiger partial charge is 0.373 e. The van der Waals surface area contributed by atoms with Gasteiger partial charge in [0.2, 0.25) is 0 Å². The standard InChI is InChI=1S/C13H12Cl2N2O2S2/c1-8-2-4-9(5-3-8)21-11(12(14)15)10(17(18)19)13-16-6-7-20-13/h2-5,16H,6-7H2,1H3. The summed E-state index contributed by atoms with van der Waals surface area (Å²) in [5.74, 6) is 0.787. The molecule has 112 valence electrons. The zero-order chi connectivity index (χ0) is 15.4. The van der Waals surface area contributed by atoms with Crippen LogP contribution in [0.2, 0.25) is 0 Å². The minimum atomic E-state index is -0.443. The predicted octanol–water partition coefficient (Wildman–Crippen LogP) is 4.52. The first-order valence-corrected chi connectivity index (χ1v) is 8.60. The van der Waals surface area contributed by atoms with Gasteiger partial charge in [0.15, 0.2) is 0 Å². The quantitative estimate of drug-likeness (QED) is 0.484. The van der Waals surface area contributed by atoms with E-state index in [9.17, 15) is 10.1 Å². The molecule has 4 nitrogen and oxygen atoms in total. The van der Waals surface area contributed by atoms with Crippen LogP contribution in [-0.4, -0.2) is 17.2 Å². The van der Waals surface area contributed by atoms with E-state index >= 15 is 0 Å². The van der Waals surface area contributed by atoms with Gasteiger partial charge in [0.1, 0.15) is 14.4 Å². The molecule has 21 heavy (non-hydrogen) atoms. The van der Waals surface area contributed by atoms with Crippen LogP contribution in [0.1, 0.15) is 5.56 Å². The van der Waals surface area contributed by atoms with Crippen LogP contribution in [0, 0.1) is 17.0 Å². The number of thioether (sulfide) groups is 2. The fourth-order valence-electron chi connectivity index (χ4n) is 1.69. The molecule has 1 aliphatic rings. The van der Waals surface area contributed by atoms with Crippen LogP contribution in [0.25, 0.3) is 0 Å². The normalized spacial score (nSPS) is 16.3. The SMILES string of the molecule is Cc1ccc(SC(=C(Cl)Cl)C(=C2NCCS2)[N+](=O)[O-])cc1. The van der Waals surface area contributed by atoms with Gasteiger partial charge in [-0.05, 0) is 19.1 Å². The number of aryl methyl sites for hydroxylation is 1. The zero-order valence-electron chi connectivity index (χ0n) is 11.1. The third-order valence-electron chi connectivity index (χ3n) is 2.66. The Kier molecular flexibility index (Phi) is 5.87. The fourth-order valence-corrected chi connectivity index (χ4v) is 3.95. The van der Waals surface area contributed by atoms with Crippen molar-refractivity contribution in [2.75, 3.05) is 12.3 Å². The molecule has 1 heterocycles. The van der Waals surface area contributed by atoms with Crippen LogP contribution in [0.15, 0.2) is 49.3 Å². The lowest BCUT2D eigenvalue weighted by molar-refractivity contribution is -0.420. The van der Waals surface area contributed by atoms with Crippen LogP contribution in [0.3, 0.4) is 0 Å². The molecule has 1 saturated heterocycles. The molecule has 1 aromatic carbocycles. The van der Waals surface area contributed by atoms with E-state index in [0.29, 0.717) is 11.6 Å². The van der Waals surface area contributed by atoms with Crippen molar-refractivity contribution in [3.8, 4) is 0 Å². The van der Waals surface area contributed by atoms with Crippen molar-refractivity contribution in [1.29, 1.82) is 0 Å². The fraction of sp³-hybridized carbons (Fsp3) is 0.231. The predicted molar refractivity (Wildman–Crippen MR) is 90.2 cm³/mol. The monoisotopic (exact) mass is 362 g/mol. The summed E-state index contributed by atoms with van der Waals surface area (Å²) in [5.41, 5.74) is 1.05. The van der Waals surface area contributed by atoms with Gasteiger partial charge in [-0.2, -0.15) is 0 Å². The average Bonchev–Trinajstić information content (AvgIpc) is 2.93. The third kappa shape index (κ3) is 4.32. The summed E-state index contributed by atoms with van der Waals surface area (Å²) < 4.78 is -0.103. The first-order chi connectivity index (χ1) is 9.99. The molecule has 8 heteroatoms. The van der Waals surface area contributed by atoms with Crippen LogP contribution < -0.4 is 5.32 Å². The molecule has 0 amide bonds. The second-order valence-electron chi connectivity index (χ2n) is 4.21. The van der Waals surface area contributed by atoms with Gasteiger partial charge in [-0.1, -0.05) is 64.4 Å². The molecular formula is C13H12Cl2N2O2S2. The Morgan fingerprint density at radius 3 is 2.52 bits per heavy atom. The summed E-state index contributed by atoms with van der Waals surface area (Å²) in [5, 5.41) is 14.9. The van der Waals surface area contributed by atoms with Gasteiger partial charge >= 0.3 is 5.70 Å². The lowest BCUT2D eigenvalue weighted by atomic mass is 10.2. The molecule has 0 aliphatic carbocycles. The Morgan fingerprint density at radius 1 is 1.38 bits per heavy atom. The second kappa shape index (κ2) is 7.45. The highest BCUT2D eigenvalue weighted by molar-refractivity contribution is 8.04. The Bertz CT molecular complexity index is 603. The van der Waals surface area contributed by atoms with E-state index in [1.54, 1.807) is 0 Å². The molecule has 0 bridgehead atoms. The van der Waals surface area contributed by atoms with Gasteiger partial charge in [-0.25, -0.2) is 0 Å². The van der Waals surface area contributed by atoms with Crippen LogP contribution in [-0.2, 0) is 0 Å². The Balaban J connectivity index is 2.38. The van der Waals surface area contributed by atoms with E-state index in [4.69, 9.17) is 23.2 Å². The highest BCUT2D eigenvalue weighted by Crippen LogP contribution is 2.40. The van der Waals surface area contributed by atoms with Crippen molar-refractivity contribution in [1.82, 2.24) is 5.32 Å². The Hall–Kier alpha value is -0.820. The number of benzene rings is 1. The number of hydrogen-bond acceptors (Lipinski definition) is 5. The number of nitro groups is 1. The molecule has 0 unspecified atom stereocenters. The number of rotatable bonds is 4. The molecular weight excluding hydrogens is 351 g/mol. The molecule has 1 fully saturated rings. The van der Waals surface area contributed by atoms with Crippen LogP contribution >= 0.6 is 46.7 Å². The first kappa shape index (κ1) is 16.5. The van der Waals surface area contributed by atoms with Crippen LogP contribution in [0.5, 0.6) is 0 Å². The van der Waals surface area contributed by atoms with E-state index < -0.39 is 4.92 Å². The summed E-state index contributed by atoms with van der Waals surface area (Å²) in [4.78, 5) is 12.1. The Morgan fingerprint density at radius 2 is 2.05 bits per heavy atom. The second-order valence-corrected chi connectivity index (χ2v) is 7.35. The number of halogens is 2. The minimum absolute atomic E-state index is 0.0666. The molecule has 1 N–H and O–H groups in total. The van der Waals surface area contributed by atoms with Gasteiger partial charge < -0.3 is 5.32 Å².